The Morgan fingerprint density at radius 1 is 1.11 bits per heavy atom. The number of amides is 1. The molecule has 0 saturated heterocycles. The number of aromatic nitrogens is 1. The van der Waals surface area contributed by atoms with Crippen LogP contribution >= 0.6 is 11.3 Å². The maximum Gasteiger partial charge on any atom is 0.338 e. The van der Waals surface area contributed by atoms with Gasteiger partial charge in [0.25, 0.3) is 5.91 Å². The predicted molar refractivity (Wildman–Crippen MR) is 140 cm³/mol. The van der Waals surface area contributed by atoms with Crippen LogP contribution in [0.2, 0.25) is 0 Å². The van der Waals surface area contributed by atoms with Crippen molar-refractivity contribution in [2.24, 2.45) is 4.99 Å². The number of rotatable bonds is 10. The lowest BCUT2D eigenvalue weighted by Crippen LogP contribution is -2.31. The summed E-state index contributed by atoms with van der Waals surface area (Å²) in [5, 5.41) is 0. The summed E-state index contributed by atoms with van der Waals surface area (Å²) in [5.74, 6) is 1.60. The molecule has 0 spiro atoms. The summed E-state index contributed by atoms with van der Waals surface area (Å²) in [7, 11) is -3.64. The number of ether oxygens (including phenoxy) is 1. The zero-order valence-corrected chi connectivity index (χ0v) is 22.2. The molecule has 0 atom stereocenters. The van der Waals surface area contributed by atoms with E-state index in [1.54, 1.807) is 36.6 Å². The van der Waals surface area contributed by atoms with Crippen LogP contribution in [0.5, 0.6) is 0 Å². The minimum Gasteiger partial charge on any atom is -0.462 e. The third-order valence-electron chi connectivity index (χ3n) is 5.49. The Labute approximate surface area is 215 Å². The monoisotopic (exact) mass is 527 g/mol. The van der Waals surface area contributed by atoms with Gasteiger partial charge < -0.3 is 9.30 Å². The average Bonchev–Trinajstić information content (AvgIpc) is 3.20. The maximum atomic E-state index is 12.9. The molecule has 0 saturated carbocycles. The molecule has 0 aliphatic rings. The van der Waals surface area contributed by atoms with Crippen molar-refractivity contribution in [3.63, 3.8) is 0 Å². The second-order valence-corrected chi connectivity index (χ2v) is 10.8. The minimum atomic E-state index is -3.64. The van der Waals surface area contributed by atoms with Gasteiger partial charge in [-0.15, -0.1) is 6.42 Å². The number of esters is 1. The van der Waals surface area contributed by atoms with E-state index in [1.807, 2.05) is 6.92 Å². The van der Waals surface area contributed by atoms with Crippen molar-refractivity contribution in [2.45, 2.75) is 45.1 Å². The van der Waals surface area contributed by atoms with Gasteiger partial charge in [-0.05, 0) is 55.8 Å². The normalized spacial score (nSPS) is 12.1. The number of nitrogens with zero attached hydrogens (tertiary/aromatic N) is 3. The first-order chi connectivity index (χ1) is 17.3. The van der Waals surface area contributed by atoms with Gasteiger partial charge in [-0.1, -0.05) is 37.5 Å². The lowest BCUT2D eigenvalue weighted by atomic mass is 10.2. The predicted octanol–water partition coefficient (Wildman–Crippen LogP) is 4.06. The van der Waals surface area contributed by atoms with Crippen LogP contribution in [0.4, 0.5) is 0 Å². The minimum absolute atomic E-state index is 0.132. The highest BCUT2D eigenvalue weighted by atomic mass is 32.2. The molecule has 1 amide bonds. The molecule has 0 bridgehead atoms. The Balaban J connectivity index is 1.95. The standard InChI is InChI=1S/C26H29N3O5S2/c1-5-9-17-28(7-3)36(32,33)21-13-10-19(11-14-21)24(30)27-26-29(16-6-2)22-15-12-20(18-23(22)35-26)25(31)34-8-4/h2,10-15,18H,5,7-9,16-17H2,1,3-4H3. The number of benzene rings is 2. The topological polar surface area (TPSA) is 98.0 Å². The van der Waals surface area contributed by atoms with Gasteiger partial charge in [-0.25, -0.2) is 13.2 Å². The number of fused-ring (bicyclic) bond motifs is 1. The molecule has 10 heteroatoms. The molecule has 0 aliphatic heterocycles. The van der Waals surface area contributed by atoms with E-state index in [9.17, 15) is 18.0 Å². The van der Waals surface area contributed by atoms with Gasteiger partial charge in [-0.2, -0.15) is 9.30 Å². The summed E-state index contributed by atoms with van der Waals surface area (Å²) < 4.78 is 34.8. The Bertz CT molecular complexity index is 1460. The Kier molecular flexibility index (Phi) is 9.20. The third-order valence-corrected chi connectivity index (χ3v) is 8.52. The van der Waals surface area contributed by atoms with E-state index in [4.69, 9.17) is 11.2 Å². The molecule has 0 radical (unpaired) electrons. The second-order valence-electron chi connectivity index (χ2n) is 7.87. The van der Waals surface area contributed by atoms with Gasteiger partial charge in [0.1, 0.15) is 0 Å². The molecule has 3 rings (SSSR count). The van der Waals surface area contributed by atoms with E-state index in [-0.39, 0.29) is 23.6 Å². The number of terminal acetylenes is 1. The van der Waals surface area contributed by atoms with Crippen molar-refractivity contribution in [3.8, 4) is 12.3 Å². The van der Waals surface area contributed by atoms with Crippen LogP contribution in [0.25, 0.3) is 10.2 Å². The number of hydrogen-bond acceptors (Lipinski definition) is 6. The van der Waals surface area contributed by atoms with Crippen LogP contribution in [-0.2, 0) is 21.3 Å². The molecule has 1 aromatic heterocycles. The van der Waals surface area contributed by atoms with E-state index in [0.29, 0.717) is 23.5 Å². The van der Waals surface area contributed by atoms with Crippen molar-refractivity contribution in [3.05, 3.63) is 58.4 Å². The number of thiazole rings is 1. The van der Waals surface area contributed by atoms with E-state index >= 15 is 0 Å². The van der Waals surface area contributed by atoms with Crippen molar-refractivity contribution >= 4 is 43.5 Å². The molecular weight excluding hydrogens is 498 g/mol. The number of sulfonamides is 1. The average molecular weight is 528 g/mol. The summed E-state index contributed by atoms with van der Waals surface area (Å²) in [4.78, 5) is 29.8. The molecule has 190 valence electrons. The largest absolute Gasteiger partial charge is 0.462 e. The Morgan fingerprint density at radius 3 is 2.42 bits per heavy atom. The van der Waals surface area contributed by atoms with Gasteiger partial charge in [0.05, 0.1) is 33.8 Å². The molecule has 1 heterocycles. The number of carbonyl (C=O) groups excluding carboxylic acids is 2. The first kappa shape index (κ1) is 27.3. The highest BCUT2D eigenvalue weighted by molar-refractivity contribution is 7.89. The summed E-state index contributed by atoms with van der Waals surface area (Å²) in [5.41, 5.74) is 1.39. The SMILES string of the molecule is C#CCn1c(=NC(=O)c2ccc(S(=O)(=O)N(CC)CCCC)cc2)sc2cc(C(=O)OCC)ccc21. The molecule has 0 N–H and O–H groups in total. The molecule has 0 unspecified atom stereocenters. The molecule has 2 aromatic carbocycles. The number of carbonyl (C=O) groups is 2. The lowest BCUT2D eigenvalue weighted by molar-refractivity contribution is 0.0526. The zero-order valence-electron chi connectivity index (χ0n) is 20.6. The smallest absolute Gasteiger partial charge is 0.338 e. The van der Waals surface area contributed by atoms with E-state index in [1.165, 1.54) is 39.9 Å². The summed E-state index contributed by atoms with van der Waals surface area (Å²) >= 11 is 1.23. The van der Waals surface area contributed by atoms with Crippen molar-refractivity contribution in [1.82, 2.24) is 8.87 Å². The van der Waals surface area contributed by atoms with E-state index in [2.05, 4.69) is 10.9 Å². The summed E-state index contributed by atoms with van der Waals surface area (Å²) in [6.07, 6.45) is 7.20. The lowest BCUT2D eigenvalue weighted by Gasteiger charge is -2.20. The van der Waals surface area contributed by atoms with E-state index < -0.39 is 21.9 Å². The molecule has 8 nitrogen and oxygen atoms in total. The fourth-order valence-electron chi connectivity index (χ4n) is 3.60. The Hall–Kier alpha value is -3.26. The van der Waals surface area contributed by atoms with Crippen LogP contribution in [0.3, 0.4) is 0 Å². The fraction of sp³-hybridized carbons (Fsp3) is 0.346. The van der Waals surface area contributed by atoms with Gasteiger partial charge in [-0.3, -0.25) is 4.79 Å². The van der Waals surface area contributed by atoms with E-state index in [0.717, 1.165) is 23.1 Å². The second kappa shape index (κ2) is 12.1. The molecule has 3 aromatic rings. The van der Waals surface area contributed by atoms with Crippen LogP contribution in [0.15, 0.2) is 52.4 Å². The van der Waals surface area contributed by atoms with Gasteiger partial charge in [0, 0.05) is 18.7 Å². The summed E-state index contributed by atoms with van der Waals surface area (Å²) in [6, 6.07) is 10.9. The number of unbranched alkanes of at least 4 members (excludes halogenated alkanes) is 1. The van der Waals surface area contributed by atoms with Crippen LogP contribution in [-0.4, -0.2) is 48.9 Å². The van der Waals surface area contributed by atoms with Crippen LogP contribution in [0, 0.1) is 12.3 Å². The quantitative estimate of drug-likeness (QED) is 0.293. The van der Waals surface area contributed by atoms with Gasteiger partial charge in [0.15, 0.2) is 4.80 Å². The third kappa shape index (κ3) is 5.93. The van der Waals surface area contributed by atoms with Crippen molar-refractivity contribution in [1.29, 1.82) is 0 Å². The first-order valence-electron chi connectivity index (χ1n) is 11.7. The number of hydrogen-bond donors (Lipinski definition) is 0. The fourth-order valence-corrected chi connectivity index (χ4v) is 6.15. The van der Waals surface area contributed by atoms with Crippen molar-refractivity contribution < 1.29 is 22.7 Å². The zero-order chi connectivity index (χ0) is 26.3. The maximum absolute atomic E-state index is 12.9. The molecular formula is C26H29N3O5S2. The molecule has 36 heavy (non-hydrogen) atoms. The highest BCUT2D eigenvalue weighted by Gasteiger charge is 2.22. The van der Waals surface area contributed by atoms with Crippen LogP contribution in [0.1, 0.15) is 54.3 Å². The Morgan fingerprint density at radius 2 is 1.81 bits per heavy atom. The molecule has 0 aliphatic carbocycles. The highest BCUT2D eigenvalue weighted by Crippen LogP contribution is 2.21. The van der Waals surface area contributed by atoms with Gasteiger partial charge >= 0.3 is 5.97 Å². The molecule has 0 fully saturated rings. The summed E-state index contributed by atoms with van der Waals surface area (Å²) in [6.45, 7) is 6.82. The van der Waals surface area contributed by atoms with Crippen LogP contribution < -0.4 is 4.80 Å². The first-order valence-corrected chi connectivity index (χ1v) is 14.0. The van der Waals surface area contributed by atoms with Crippen molar-refractivity contribution in [2.75, 3.05) is 19.7 Å². The van der Waals surface area contributed by atoms with Gasteiger partial charge in [0.2, 0.25) is 10.0 Å².